The van der Waals surface area contributed by atoms with E-state index in [4.69, 9.17) is 0 Å². The van der Waals surface area contributed by atoms with Gasteiger partial charge in [0.15, 0.2) is 0 Å². The number of carbonyl (C=O) groups excluding carboxylic acids is 1. The minimum atomic E-state index is -0.266. The minimum absolute atomic E-state index is 0.181. The molecule has 8 nitrogen and oxygen atoms in total. The Bertz CT molecular complexity index is 862. The van der Waals surface area contributed by atoms with Crippen LogP contribution < -0.4 is 11.0 Å². The van der Waals surface area contributed by atoms with Gasteiger partial charge in [0.1, 0.15) is 5.82 Å². The van der Waals surface area contributed by atoms with Gasteiger partial charge in [-0.05, 0) is 24.3 Å². The molecule has 0 aliphatic heterocycles. The van der Waals surface area contributed by atoms with Crippen molar-refractivity contribution in [1.82, 2.24) is 29.9 Å². The number of H-pyrrole nitrogens is 1. The van der Waals surface area contributed by atoms with Gasteiger partial charge in [-0.25, -0.2) is 14.6 Å². The van der Waals surface area contributed by atoms with E-state index in [0.29, 0.717) is 24.4 Å². The zero-order valence-corrected chi connectivity index (χ0v) is 12.6. The molecule has 0 spiro atoms. The smallest absolute Gasteiger partial charge is 0.343 e. The number of nitrogens with zero attached hydrogens (tertiary/aromatic N) is 4. The molecule has 23 heavy (non-hydrogen) atoms. The van der Waals surface area contributed by atoms with Crippen LogP contribution in [0.4, 0.5) is 0 Å². The first-order chi connectivity index (χ1) is 11.1. The van der Waals surface area contributed by atoms with Gasteiger partial charge in [-0.15, -0.1) is 0 Å². The van der Waals surface area contributed by atoms with Crippen molar-refractivity contribution >= 4 is 5.91 Å². The lowest BCUT2D eigenvalue weighted by atomic mass is 10.2. The lowest BCUT2D eigenvalue weighted by Crippen LogP contribution is -2.27. The summed E-state index contributed by atoms with van der Waals surface area (Å²) in [5.74, 6) is 0.417. The third-order valence-corrected chi connectivity index (χ3v) is 3.48. The average molecular weight is 312 g/mol. The van der Waals surface area contributed by atoms with Crippen LogP contribution in [-0.4, -0.2) is 37.0 Å². The third-order valence-electron chi connectivity index (χ3n) is 3.48. The second kappa shape index (κ2) is 6.30. The van der Waals surface area contributed by atoms with Crippen molar-refractivity contribution in [3.8, 4) is 5.69 Å². The number of carbonyl (C=O) groups is 1. The Balaban J connectivity index is 1.63. The van der Waals surface area contributed by atoms with Crippen LogP contribution in [-0.2, 0) is 13.5 Å². The molecule has 8 heteroatoms. The molecule has 2 aromatic heterocycles. The van der Waals surface area contributed by atoms with Gasteiger partial charge in [0, 0.05) is 38.0 Å². The highest BCUT2D eigenvalue weighted by Crippen LogP contribution is 2.09. The van der Waals surface area contributed by atoms with Crippen molar-refractivity contribution in [2.45, 2.75) is 6.42 Å². The van der Waals surface area contributed by atoms with Crippen LogP contribution >= 0.6 is 0 Å². The molecule has 0 bridgehead atoms. The Kier molecular flexibility index (Phi) is 4.05. The van der Waals surface area contributed by atoms with Crippen LogP contribution in [0.1, 0.15) is 16.2 Å². The molecule has 0 atom stereocenters. The number of aromatic nitrogens is 5. The Morgan fingerprint density at radius 1 is 1.35 bits per heavy atom. The summed E-state index contributed by atoms with van der Waals surface area (Å²) in [6.45, 7) is 0.392. The number of aromatic amines is 1. The molecular formula is C15H16N6O2. The van der Waals surface area contributed by atoms with Gasteiger partial charge in [0.05, 0.1) is 5.69 Å². The van der Waals surface area contributed by atoms with Gasteiger partial charge in [-0.2, -0.15) is 10.2 Å². The lowest BCUT2D eigenvalue weighted by molar-refractivity contribution is 0.0954. The third kappa shape index (κ3) is 3.20. The minimum Gasteiger partial charge on any atom is -0.352 e. The summed E-state index contributed by atoms with van der Waals surface area (Å²) >= 11 is 0. The summed E-state index contributed by atoms with van der Waals surface area (Å²) in [6.07, 6.45) is 3.97. The zero-order valence-electron chi connectivity index (χ0n) is 12.6. The standard InChI is InChI=1S/C15H16N6O2/c1-20-13(18-19-15(20)23)6-8-16-14(22)11-4-2-5-12(10-11)21-9-3-7-17-21/h2-5,7,9-10H,6,8H2,1H3,(H,16,22)(H,19,23). The molecule has 118 valence electrons. The highest BCUT2D eigenvalue weighted by molar-refractivity contribution is 5.94. The fraction of sp³-hybridized carbons (Fsp3) is 0.200. The molecule has 0 aliphatic carbocycles. The van der Waals surface area contributed by atoms with Gasteiger partial charge >= 0.3 is 5.69 Å². The van der Waals surface area contributed by atoms with E-state index in [2.05, 4.69) is 20.6 Å². The second-order valence-corrected chi connectivity index (χ2v) is 5.01. The topological polar surface area (TPSA) is 97.6 Å². The average Bonchev–Trinajstić information content (AvgIpc) is 3.20. The van der Waals surface area contributed by atoms with E-state index in [1.165, 1.54) is 4.57 Å². The van der Waals surface area contributed by atoms with Gasteiger partial charge in [0.2, 0.25) is 0 Å². The zero-order chi connectivity index (χ0) is 16.2. The summed E-state index contributed by atoms with van der Waals surface area (Å²) in [5.41, 5.74) is 1.10. The van der Waals surface area contributed by atoms with E-state index in [1.807, 2.05) is 24.4 Å². The van der Waals surface area contributed by atoms with Crippen molar-refractivity contribution in [1.29, 1.82) is 0 Å². The van der Waals surface area contributed by atoms with Crippen molar-refractivity contribution in [3.63, 3.8) is 0 Å². The van der Waals surface area contributed by atoms with Crippen LogP contribution in [0.25, 0.3) is 5.69 Å². The maximum absolute atomic E-state index is 12.2. The molecule has 3 aromatic rings. The summed E-state index contributed by atoms with van der Waals surface area (Å²) in [6, 6.07) is 9.02. The lowest BCUT2D eigenvalue weighted by Gasteiger charge is -2.07. The fourth-order valence-corrected chi connectivity index (χ4v) is 2.20. The van der Waals surface area contributed by atoms with Crippen LogP contribution in [0.5, 0.6) is 0 Å². The maximum atomic E-state index is 12.2. The first kappa shape index (κ1) is 14.8. The van der Waals surface area contributed by atoms with E-state index in [0.717, 1.165) is 5.69 Å². The monoisotopic (exact) mass is 312 g/mol. The summed E-state index contributed by atoms with van der Waals surface area (Å²) in [4.78, 5) is 23.5. The summed E-state index contributed by atoms with van der Waals surface area (Å²) < 4.78 is 3.11. The predicted molar refractivity (Wildman–Crippen MR) is 83.4 cm³/mol. The number of hydrogen-bond acceptors (Lipinski definition) is 4. The van der Waals surface area contributed by atoms with E-state index in [-0.39, 0.29) is 11.6 Å². The van der Waals surface area contributed by atoms with Crippen molar-refractivity contribution in [3.05, 3.63) is 64.6 Å². The predicted octanol–water partition coefficient (Wildman–Crippen LogP) is 0.267. The molecule has 0 unspecified atom stereocenters. The molecule has 1 amide bonds. The SMILES string of the molecule is Cn1c(CCNC(=O)c2cccc(-n3cccn3)c2)n[nH]c1=O. The molecule has 0 saturated heterocycles. The largest absolute Gasteiger partial charge is 0.352 e. The van der Waals surface area contributed by atoms with E-state index >= 15 is 0 Å². The Morgan fingerprint density at radius 2 is 2.22 bits per heavy atom. The highest BCUT2D eigenvalue weighted by atomic mass is 16.2. The number of amides is 1. The molecular weight excluding hydrogens is 296 g/mol. The second-order valence-electron chi connectivity index (χ2n) is 5.01. The molecule has 0 aliphatic rings. The van der Waals surface area contributed by atoms with E-state index < -0.39 is 0 Å². The molecule has 2 heterocycles. The number of benzene rings is 1. The van der Waals surface area contributed by atoms with Crippen molar-refractivity contribution in [2.75, 3.05) is 6.54 Å². The van der Waals surface area contributed by atoms with Crippen LogP contribution in [0.2, 0.25) is 0 Å². The fourth-order valence-electron chi connectivity index (χ4n) is 2.20. The quantitative estimate of drug-likeness (QED) is 0.706. The summed E-state index contributed by atoms with van der Waals surface area (Å²) in [5, 5.41) is 13.2. The number of nitrogens with one attached hydrogen (secondary N) is 2. The first-order valence-corrected chi connectivity index (χ1v) is 7.14. The molecule has 3 rings (SSSR count). The van der Waals surface area contributed by atoms with Gasteiger partial charge in [0.25, 0.3) is 5.91 Å². The molecule has 0 saturated carbocycles. The van der Waals surface area contributed by atoms with Crippen LogP contribution in [0.3, 0.4) is 0 Å². The Morgan fingerprint density at radius 3 is 2.91 bits per heavy atom. The van der Waals surface area contributed by atoms with Crippen molar-refractivity contribution < 1.29 is 4.79 Å². The first-order valence-electron chi connectivity index (χ1n) is 7.14. The Hall–Kier alpha value is -3.16. The molecule has 1 aromatic carbocycles. The van der Waals surface area contributed by atoms with Crippen LogP contribution in [0.15, 0.2) is 47.5 Å². The highest BCUT2D eigenvalue weighted by Gasteiger charge is 2.08. The normalized spacial score (nSPS) is 10.7. The Labute approximate surface area is 131 Å². The molecule has 2 N–H and O–H groups in total. The van der Waals surface area contributed by atoms with E-state index in [1.54, 1.807) is 30.1 Å². The maximum Gasteiger partial charge on any atom is 0.343 e. The van der Waals surface area contributed by atoms with Gasteiger partial charge < -0.3 is 5.32 Å². The summed E-state index contributed by atoms with van der Waals surface area (Å²) in [7, 11) is 1.64. The molecule has 0 radical (unpaired) electrons. The van der Waals surface area contributed by atoms with Crippen LogP contribution in [0, 0.1) is 0 Å². The number of rotatable bonds is 5. The van der Waals surface area contributed by atoms with Gasteiger partial charge in [-0.1, -0.05) is 6.07 Å². The number of hydrogen-bond donors (Lipinski definition) is 2. The van der Waals surface area contributed by atoms with Gasteiger partial charge in [-0.3, -0.25) is 9.36 Å². The molecule has 0 fully saturated rings. The van der Waals surface area contributed by atoms with E-state index in [9.17, 15) is 9.59 Å². The van der Waals surface area contributed by atoms with Crippen molar-refractivity contribution in [2.24, 2.45) is 7.05 Å².